The van der Waals surface area contributed by atoms with Gasteiger partial charge in [0.2, 0.25) is 0 Å². The van der Waals surface area contributed by atoms with E-state index in [4.69, 9.17) is 0 Å². The lowest BCUT2D eigenvalue weighted by atomic mass is 10.1. The molecule has 96 valence electrons. The fourth-order valence-electron chi connectivity index (χ4n) is 1.82. The third-order valence-electron chi connectivity index (χ3n) is 2.82. The summed E-state index contributed by atoms with van der Waals surface area (Å²) in [5.41, 5.74) is 4.22. The number of rotatable bonds is 6. The van der Waals surface area contributed by atoms with E-state index in [0.29, 0.717) is 6.04 Å². The standard InChI is InChI=1S/C14H19N3S/c1-3-6-16-13(14-9-15-10-18-14)7-12-5-4-11(2)8-17-12/h4-5,8-10,13,16H,3,6-7H2,1-2H3. The predicted octanol–water partition coefficient (Wildman–Crippen LogP) is 3.13. The van der Waals surface area contributed by atoms with Gasteiger partial charge in [-0.15, -0.1) is 11.3 Å². The van der Waals surface area contributed by atoms with Gasteiger partial charge in [-0.25, -0.2) is 0 Å². The van der Waals surface area contributed by atoms with Crippen molar-refractivity contribution in [2.24, 2.45) is 0 Å². The number of pyridine rings is 1. The first-order valence-corrected chi connectivity index (χ1v) is 7.21. The molecule has 0 aliphatic rings. The van der Waals surface area contributed by atoms with E-state index in [9.17, 15) is 0 Å². The van der Waals surface area contributed by atoms with Crippen LogP contribution in [-0.4, -0.2) is 16.5 Å². The second-order valence-electron chi connectivity index (χ2n) is 4.44. The van der Waals surface area contributed by atoms with Gasteiger partial charge in [-0.3, -0.25) is 9.97 Å². The molecule has 2 aromatic rings. The maximum Gasteiger partial charge on any atom is 0.0794 e. The van der Waals surface area contributed by atoms with Crippen molar-refractivity contribution >= 4 is 11.3 Å². The van der Waals surface area contributed by atoms with Gasteiger partial charge in [-0.2, -0.15) is 0 Å². The van der Waals surface area contributed by atoms with E-state index in [2.05, 4.69) is 41.3 Å². The first-order valence-electron chi connectivity index (χ1n) is 6.33. The maximum atomic E-state index is 4.48. The van der Waals surface area contributed by atoms with E-state index in [0.717, 1.165) is 25.1 Å². The summed E-state index contributed by atoms with van der Waals surface area (Å²) in [4.78, 5) is 9.93. The molecule has 18 heavy (non-hydrogen) atoms. The summed E-state index contributed by atoms with van der Waals surface area (Å²) >= 11 is 1.70. The zero-order chi connectivity index (χ0) is 12.8. The number of hydrogen-bond acceptors (Lipinski definition) is 4. The van der Waals surface area contributed by atoms with Crippen LogP contribution in [0.3, 0.4) is 0 Å². The van der Waals surface area contributed by atoms with Crippen LogP contribution in [0.4, 0.5) is 0 Å². The summed E-state index contributed by atoms with van der Waals surface area (Å²) in [7, 11) is 0. The summed E-state index contributed by atoms with van der Waals surface area (Å²) < 4.78 is 0. The molecule has 2 aromatic heterocycles. The summed E-state index contributed by atoms with van der Waals surface area (Å²) in [5, 5.41) is 3.57. The Kier molecular flexibility index (Phi) is 4.84. The maximum absolute atomic E-state index is 4.48. The Balaban J connectivity index is 2.07. The largest absolute Gasteiger partial charge is 0.309 e. The van der Waals surface area contributed by atoms with Gasteiger partial charge in [-0.1, -0.05) is 13.0 Å². The normalized spacial score (nSPS) is 12.6. The van der Waals surface area contributed by atoms with E-state index in [1.165, 1.54) is 10.4 Å². The van der Waals surface area contributed by atoms with Gasteiger partial charge < -0.3 is 5.32 Å². The minimum absolute atomic E-state index is 0.327. The lowest BCUT2D eigenvalue weighted by molar-refractivity contribution is 0.531. The summed E-state index contributed by atoms with van der Waals surface area (Å²) in [6.07, 6.45) is 5.93. The zero-order valence-corrected chi connectivity index (χ0v) is 11.7. The van der Waals surface area contributed by atoms with Crippen LogP contribution < -0.4 is 5.32 Å². The molecular formula is C14H19N3S. The van der Waals surface area contributed by atoms with Crippen LogP contribution in [0.2, 0.25) is 0 Å². The monoisotopic (exact) mass is 261 g/mol. The fraction of sp³-hybridized carbons (Fsp3) is 0.429. The highest BCUT2D eigenvalue weighted by Gasteiger charge is 2.13. The molecule has 1 N–H and O–H groups in total. The number of hydrogen-bond donors (Lipinski definition) is 1. The quantitative estimate of drug-likeness (QED) is 0.868. The molecule has 0 radical (unpaired) electrons. The molecule has 2 rings (SSSR count). The van der Waals surface area contributed by atoms with E-state index < -0.39 is 0 Å². The molecule has 0 aliphatic heterocycles. The Morgan fingerprint density at radius 1 is 1.33 bits per heavy atom. The van der Waals surface area contributed by atoms with E-state index in [1.54, 1.807) is 11.3 Å². The van der Waals surface area contributed by atoms with E-state index in [1.807, 2.05) is 17.9 Å². The molecule has 0 saturated carbocycles. The molecule has 0 amide bonds. The van der Waals surface area contributed by atoms with Crippen LogP contribution in [0.15, 0.2) is 30.0 Å². The Labute approximate surface area is 112 Å². The van der Waals surface area contributed by atoms with E-state index in [-0.39, 0.29) is 0 Å². The highest BCUT2D eigenvalue weighted by molar-refractivity contribution is 7.09. The lowest BCUT2D eigenvalue weighted by Crippen LogP contribution is -2.23. The van der Waals surface area contributed by atoms with Crippen molar-refractivity contribution in [1.29, 1.82) is 0 Å². The van der Waals surface area contributed by atoms with Crippen LogP contribution in [0.1, 0.15) is 35.5 Å². The molecule has 2 heterocycles. The first kappa shape index (κ1) is 13.2. The molecule has 0 spiro atoms. The predicted molar refractivity (Wildman–Crippen MR) is 75.8 cm³/mol. The molecular weight excluding hydrogens is 242 g/mol. The molecule has 0 saturated heterocycles. The smallest absolute Gasteiger partial charge is 0.0794 e. The second-order valence-corrected chi connectivity index (χ2v) is 5.36. The minimum atomic E-state index is 0.327. The van der Waals surface area contributed by atoms with Crippen molar-refractivity contribution in [2.45, 2.75) is 32.7 Å². The van der Waals surface area contributed by atoms with Gasteiger partial charge >= 0.3 is 0 Å². The Bertz CT molecular complexity index is 450. The topological polar surface area (TPSA) is 37.8 Å². The summed E-state index contributed by atoms with van der Waals surface area (Å²) in [6.45, 7) is 5.27. The van der Waals surface area contributed by atoms with Crippen LogP contribution in [0.25, 0.3) is 0 Å². The Hall–Kier alpha value is -1.26. The SMILES string of the molecule is CCCNC(Cc1ccc(C)cn1)c1cncs1. The number of nitrogens with one attached hydrogen (secondary N) is 1. The van der Waals surface area contributed by atoms with Crippen LogP contribution in [0, 0.1) is 6.92 Å². The summed E-state index contributed by atoms with van der Waals surface area (Å²) in [5.74, 6) is 0. The van der Waals surface area contributed by atoms with Crippen molar-refractivity contribution in [3.63, 3.8) is 0 Å². The van der Waals surface area contributed by atoms with Crippen molar-refractivity contribution in [1.82, 2.24) is 15.3 Å². The fourth-order valence-corrected chi connectivity index (χ4v) is 2.51. The third-order valence-corrected chi connectivity index (χ3v) is 3.71. The highest BCUT2D eigenvalue weighted by Crippen LogP contribution is 2.21. The van der Waals surface area contributed by atoms with Crippen LogP contribution in [-0.2, 0) is 6.42 Å². The molecule has 0 bridgehead atoms. The van der Waals surface area contributed by atoms with Gasteiger partial charge in [0.25, 0.3) is 0 Å². The molecule has 1 unspecified atom stereocenters. The Morgan fingerprint density at radius 2 is 2.22 bits per heavy atom. The molecule has 0 aromatic carbocycles. The number of nitrogens with zero attached hydrogens (tertiary/aromatic N) is 2. The number of aromatic nitrogens is 2. The molecule has 3 nitrogen and oxygen atoms in total. The van der Waals surface area contributed by atoms with Crippen molar-refractivity contribution in [2.75, 3.05) is 6.54 Å². The Morgan fingerprint density at radius 3 is 2.83 bits per heavy atom. The first-order chi connectivity index (χ1) is 8.79. The van der Waals surface area contributed by atoms with Crippen molar-refractivity contribution < 1.29 is 0 Å². The van der Waals surface area contributed by atoms with E-state index >= 15 is 0 Å². The third kappa shape index (κ3) is 3.62. The van der Waals surface area contributed by atoms with Crippen molar-refractivity contribution in [3.8, 4) is 0 Å². The van der Waals surface area contributed by atoms with Gasteiger partial charge in [0.05, 0.1) is 5.51 Å². The zero-order valence-electron chi connectivity index (χ0n) is 10.9. The molecule has 4 heteroatoms. The number of thiazole rings is 1. The molecule has 1 atom stereocenters. The van der Waals surface area contributed by atoms with Gasteiger partial charge in [0.15, 0.2) is 0 Å². The van der Waals surface area contributed by atoms with Gasteiger partial charge in [0.1, 0.15) is 0 Å². The van der Waals surface area contributed by atoms with Crippen LogP contribution in [0.5, 0.6) is 0 Å². The lowest BCUT2D eigenvalue weighted by Gasteiger charge is -2.16. The minimum Gasteiger partial charge on any atom is -0.309 e. The van der Waals surface area contributed by atoms with Crippen molar-refractivity contribution in [3.05, 3.63) is 46.2 Å². The molecule has 0 fully saturated rings. The average molecular weight is 261 g/mol. The highest BCUT2D eigenvalue weighted by atomic mass is 32.1. The number of aryl methyl sites for hydroxylation is 1. The van der Waals surface area contributed by atoms with Gasteiger partial charge in [0, 0.05) is 35.4 Å². The van der Waals surface area contributed by atoms with Crippen LogP contribution >= 0.6 is 11.3 Å². The second kappa shape index (κ2) is 6.61. The molecule has 0 aliphatic carbocycles. The average Bonchev–Trinajstić information content (AvgIpc) is 2.90. The van der Waals surface area contributed by atoms with Gasteiger partial charge in [-0.05, 0) is 31.5 Å². The summed E-state index contributed by atoms with van der Waals surface area (Å²) in [6, 6.07) is 4.55.